The summed E-state index contributed by atoms with van der Waals surface area (Å²) in [4.78, 5) is 36.1. The summed E-state index contributed by atoms with van der Waals surface area (Å²) < 4.78 is 5.74. The summed E-state index contributed by atoms with van der Waals surface area (Å²) in [5, 5.41) is 5.03. The molecule has 2 N–H and O–H groups in total. The maximum absolute atomic E-state index is 12.2. The second kappa shape index (κ2) is 9.72. The fraction of sp³-hybridized carbons (Fsp3) is 0.211. The first kappa shape index (κ1) is 19.7. The van der Waals surface area contributed by atoms with Gasteiger partial charge in [0.2, 0.25) is 5.91 Å². The van der Waals surface area contributed by atoms with E-state index in [0.717, 1.165) is 5.56 Å². The smallest absolute Gasteiger partial charge is 0.292 e. The van der Waals surface area contributed by atoms with Crippen molar-refractivity contribution in [1.82, 2.24) is 10.6 Å². The number of methoxy groups -OCH3 is 1. The van der Waals surface area contributed by atoms with Crippen LogP contribution in [0.15, 0.2) is 53.0 Å². The molecule has 2 rings (SSSR count). The van der Waals surface area contributed by atoms with Crippen LogP contribution in [-0.4, -0.2) is 37.8 Å². The zero-order valence-corrected chi connectivity index (χ0v) is 15.8. The zero-order chi connectivity index (χ0) is 18.9. The monoisotopic (exact) mass is 418 g/mol. The van der Waals surface area contributed by atoms with Gasteiger partial charge in [-0.05, 0) is 30.2 Å². The van der Waals surface area contributed by atoms with E-state index < -0.39 is 11.7 Å². The summed E-state index contributed by atoms with van der Waals surface area (Å²) in [6.45, 7) is 0.182. The molecule has 0 unspecified atom stereocenters. The lowest BCUT2D eigenvalue weighted by molar-refractivity contribution is -0.124. The van der Waals surface area contributed by atoms with Gasteiger partial charge in [-0.25, -0.2) is 0 Å². The molecule has 0 aliphatic heterocycles. The van der Waals surface area contributed by atoms with Crippen LogP contribution < -0.4 is 15.4 Å². The maximum Gasteiger partial charge on any atom is 0.292 e. The van der Waals surface area contributed by atoms with Gasteiger partial charge in [0.05, 0.1) is 19.2 Å². The Kier molecular flexibility index (Phi) is 7.35. The average Bonchev–Trinajstić information content (AvgIpc) is 2.66. The van der Waals surface area contributed by atoms with Crippen LogP contribution >= 0.6 is 15.9 Å². The molecular weight excluding hydrogens is 400 g/mol. The highest BCUT2D eigenvalue weighted by Gasteiger charge is 2.21. The molecule has 0 spiro atoms. The Bertz CT molecular complexity index is 793. The predicted octanol–water partition coefficient (Wildman–Crippen LogP) is 2.12. The minimum Gasteiger partial charge on any atom is -0.496 e. The summed E-state index contributed by atoms with van der Waals surface area (Å²) in [6.07, 6.45) is 0.689. The summed E-state index contributed by atoms with van der Waals surface area (Å²) >= 11 is 3.25. The van der Waals surface area contributed by atoms with E-state index in [1.54, 1.807) is 12.1 Å². The Morgan fingerprint density at radius 3 is 2.46 bits per heavy atom. The molecule has 0 atom stereocenters. The Balaban J connectivity index is 1.81. The first-order valence-electron chi connectivity index (χ1n) is 7.98. The number of carbonyl (C=O) groups is 3. The van der Waals surface area contributed by atoms with Crippen LogP contribution in [0.3, 0.4) is 0 Å². The molecule has 0 fully saturated rings. The van der Waals surface area contributed by atoms with Gasteiger partial charge in [0.25, 0.3) is 11.7 Å². The van der Waals surface area contributed by atoms with Crippen molar-refractivity contribution in [1.29, 1.82) is 0 Å². The van der Waals surface area contributed by atoms with Crippen molar-refractivity contribution in [2.45, 2.75) is 6.42 Å². The summed E-state index contributed by atoms with van der Waals surface area (Å²) in [5.74, 6) is -1.69. The van der Waals surface area contributed by atoms with Crippen LogP contribution in [-0.2, 0) is 16.0 Å². The molecule has 0 saturated heterocycles. The topological polar surface area (TPSA) is 84.5 Å². The van der Waals surface area contributed by atoms with Crippen molar-refractivity contribution in [3.05, 3.63) is 64.1 Å². The summed E-state index contributed by atoms with van der Waals surface area (Å²) in [5.41, 5.74) is 1.23. The highest BCUT2D eigenvalue weighted by Crippen LogP contribution is 2.23. The molecule has 6 nitrogen and oxygen atoms in total. The summed E-state index contributed by atoms with van der Waals surface area (Å²) in [6, 6.07) is 14.5. The molecule has 0 aliphatic rings. The van der Waals surface area contributed by atoms with Gasteiger partial charge >= 0.3 is 0 Å². The molecule has 136 valence electrons. The van der Waals surface area contributed by atoms with Crippen LogP contribution in [0, 0.1) is 0 Å². The number of nitrogens with one attached hydrogen (secondary N) is 2. The van der Waals surface area contributed by atoms with Crippen molar-refractivity contribution in [3.8, 4) is 5.75 Å². The van der Waals surface area contributed by atoms with Crippen LogP contribution in [0.1, 0.15) is 15.9 Å². The molecule has 2 aromatic carbocycles. The molecule has 0 saturated carbocycles. The van der Waals surface area contributed by atoms with Crippen molar-refractivity contribution in [3.63, 3.8) is 0 Å². The number of hydrogen-bond acceptors (Lipinski definition) is 4. The van der Waals surface area contributed by atoms with Crippen LogP contribution in [0.25, 0.3) is 0 Å². The standard InChI is InChI=1S/C19H19BrN2O4/c1-26-16-8-7-14(20)11-15(16)18(24)19(25)22-12-17(23)21-10-9-13-5-3-2-4-6-13/h2-8,11H,9-10,12H2,1H3,(H,21,23)(H,22,25). The third-order valence-electron chi connectivity index (χ3n) is 3.60. The van der Waals surface area contributed by atoms with Gasteiger partial charge < -0.3 is 15.4 Å². The molecule has 0 radical (unpaired) electrons. The van der Waals surface area contributed by atoms with E-state index in [-0.39, 0.29) is 18.0 Å². The van der Waals surface area contributed by atoms with Gasteiger partial charge in [-0.15, -0.1) is 0 Å². The number of ketones is 1. The first-order chi connectivity index (χ1) is 12.5. The maximum atomic E-state index is 12.2. The third kappa shape index (κ3) is 5.70. The zero-order valence-electron chi connectivity index (χ0n) is 14.3. The fourth-order valence-electron chi connectivity index (χ4n) is 2.27. The Labute approximate surface area is 160 Å². The van der Waals surface area contributed by atoms with Gasteiger partial charge in [-0.2, -0.15) is 0 Å². The van der Waals surface area contributed by atoms with Gasteiger partial charge in [-0.1, -0.05) is 46.3 Å². The van der Waals surface area contributed by atoms with Crippen molar-refractivity contribution >= 4 is 33.5 Å². The highest BCUT2D eigenvalue weighted by atomic mass is 79.9. The van der Waals surface area contributed by atoms with E-state index in [1.165, 1.54) is 13.2 Å². The molecule has 0 bridgehead atoms. The Hall–Kier alpha value is -2.67. The van der Waals surface area contributed by atoms with Crippen LogP contribution in [0.5, 0.6) is 5.75 Å². The second-order valence-corrected chi connectivity index (χ2v) is 6.36. The van der Waals surface area contributed by atoms with Crippen LogP contribution in [0.2, 0.25) is 0 Å². The lowest BCUT2D eigenvalue weighted by Crippen LogP contribution is -2.40. The van der Waals surface area contributed by atoms with Gasteiger partial charge in [-0.3, -0.25) is 14.4 Å². The number of benzene rings is 2. The lowest BCUT2D eigenvalue weighted by Gasteiger charge is -2.09. The molecular formula is C19H19BrN2O4. The molecule has 0 heterocycles. The third-order valence-corrected chi connectivity index (χ3v) is 4.09. The minimum absolute atomic E-state index is 0.129. The number of halogens is 1. The van der Waals surface area contributed by atoms with E-state index in [2.05, 4.69) is 26.6 Å². The number of Topliss-reactive ketones (excluding diaryl/α,β-unsaturated/α-hetero) is 1. The molecule has 2 amide bonds. The average molecular weight is 419 g/mol. The van der Waals surface area contributed by atoms with Gasteiger partial charge in [0, 0.05) is 11.0 Å². The van der Waals surface area contributed by atoms with Crippen molar-refractivity contribution < 1.29 is 19.1 Å². The molecule has 0 aliphatic carbocycles. The SMILES string of the molecule is COc1ccc(Br)cc1C(=O)C(=O)NCC(=O)NCCc1ccccc1. The van der Waals surface area contributed by atoms with E-state index in [0.29, 0.717) is 23.2 Å². The number of carbonyl (C=O) groups excluding carboxylic acids is 3. The highest BCUT2D eigenvalue weighted by molar-refractivity contribution is 9.10. The van der Waals surface area contributed by atoms with Gasteiger partial charge in [0.1, 0.15) is 5.75 Å². The van der Waals surface area contributed by atoms with Crippen molar-refractivity contribution in [2.75, 3.05) is 20.2 Å². The number of ether oxygens (including phenoxy) is 1. The molecule has 7 heteroatoms. The normalized spacial score (nSPS) is 10.1. The predicted molar refractivity (Wildman–Crippen MR) is 101 cm³/mol. The quantitative estimate of drug-likeness (QED) is 0.507. The number of hydrogen-bond donors (Lipinski definition) is 2. The molecule has 26 heavy (non-hydrogen) atoms. The lowest BCUT2D eigenvalue weighted by atomic mass is 10.1. The van der Waals surface area contributed by atoms with Crippen molar-refractivity contribution in [2.24, 2.45) is 0 Å². The number of rotatable bonds is 8. The van der Waals surface area contributed by atoms with E-state index in [4.69, 9.17) is 4.74 Å². The van der Waals surface area contributed by atoms with Gasteiger partial charge in [0.15, 0.2) is 0 Å². The van der Waals surface area contributed by atoms with E-state index in [9.17, 15) is 14.4 Å². The fourth-order valence-corrected chi connectivity index (χ4v) is 2.64. The first-order valence-corrected chi connectivity index (χ1v) is 8.77. The largest absolute Gasteiger partial charge is 0.496 e. The Morgan fingerprint density at radius 1 is 1.04 bits per heavy atom. The summed E-state index contributed by atoms with van der Waals surface area (Å²) in [7, 11) is 1.41. The van der Waals surface area contributed by atoms with Crippen LogP contribution in [0.4, 0.5) is 0 Å². The van der Waals surface area contributed by atoms with E-state index >= 15 is 0 Å². The number of amides is 2. The minimum atomic E-state index is -0.861. The second-order valence-electron chi connectivity index (χ2n) is 5.44. The Morgan fingerprint density at radius 2 is 1.77 bits per heavy atom. The molecule has 2 aromatic rings. The molecule has 0 aromatic heterocycles. The van der Waals surface area contributed by atoms with E-state index in [1.807, 2.05) is 30.3 Å².